The molecule has 0 unspecified atom stereocenters. The minimum Gasteiger partial charge on any atom is -0.309 e. The number of nitrogens with one attached hydrogen (secondary N) is 1. The first-order valence-electron chi connectivity index (χ1n) is 5.40. The van der Waals surface area contributed by atoms with Crippen molar-refractivity contribution in [2.75, 3.05) is 0 Å². The van der Waals surface area contributed by atoms with Crippen LogP contribution in [0.5, 0.6) is 0 Å². The van der Waals surface area contributed by atoms with Gasteiger partial charge in [0.1, 0.15) is 5.82 Å². The Morgan fingerprint density at radius 3 is 2.67 bits per heavy atom. The molecule has 2 aliphatic carbocycles. The lowest BCUT2D eigenvalue weighted by atomic mass is 10.1. The van der Waals surface area contributed by atoms with E-state index in [0.29, 0.717) is 5.92 Å². The van der Waals surface area contributed by atoms with Crippen LogP contribution in [0.4, 0.5) is 0 Å². The first-order valence-corrected chi connectivity index (χ1v) is 6.48. The van der Waals surface area contributed by atoms with Crippen molar-refractivity contribution in [1.82, 2.24) is 9.97 Å². The molecule has 80 valence electrons. The molecule has 2 saturated carbocycles. The highest BCUT2D eigenvalue weighted by atomic mass is 127. The summed E-state index contributed by atoms with van der Waals surface area (Å²) in [5.41, 5.74) is 1.26. The third-order valence-corrected chi connectivity index (χ3v) is 4.47. The Bertz CT molecular complexity index is 472. The molecule has 0 aromatic carbocycles. The van der Waals surface area contributed by atoms with Gasteiger partial charge in [0.05, 0.1) is 9.26 Å². The average molecular weight is 316 g/mol. The summed E-state index contributed by atoms with van der Waals surface area (Å²) in [5.74, 6) is 1.47. The van der Waals surface area contributed by atoms with E-state index in [0.717, 1.165) is 27.9 Å². The number of halogens is 1. The van der Waals surface area contributed by atoms with Gasteiger partial charge in [-0.05, 0) is 48.3 Å². The number of aromatic nitrogens is 2. The maximum atomic E-state index is 11.8. The molecule has 0 radical (unpaired) electrons. The average Bonchev–Trinajstić information content (AvgIpc) is 3.04. The van der Waals surface area contributed by atoms with Crippen LogP contribution in [0.3, 0.4) is 0 Å². The third kappa shape index (κ3) is 1.62. The summed E-state index contributed by atoms with van der Waals surface area (Å²) in [4.78, 5) is 19.4. The van der Waals surface area contributed by atoms with Crippen LogP contribution in [-0.4, -0.2) is 9.97 Å². The SMILES string of the molecule is CC1(c2nc(C3CC3)c(I)c(=O)[nH]2)CC1. The summed E-state index contributed by atoms with van der Waals surface area (Å²) in [6.45, 7) is 2.18. The molecule has 2 fully saturated rings. The molecule has 3 rings (SSSR count). The maximum Gasteiger partial charge on any atom is 0.264 e. The van der Waals surface area contributed by atoms with Crippen LogP contribution in [0.1, 0.15) is 50.0 Å². The van der Waals surface area contributed by atoms with E-state index in [2.05, 4.69) is 39.5 Å². The molecule has 1 aromatic heterocycles. The van der Waals surface area contributed by atoms with Gasteiger partial charge in [0, 0.05) is 11.3 Å². The summed E-state index contributed by atoms with van der Waals surface area (Å²) in [7, 11) is 0. The van der Waals surface area contributed by atoms with Crippen molar-refractivity contribution in [2.45, 2.75) is 43.9 Å². The smallest absolute Gasteiger partial charge is 0.264 e. The summed E-state index contributed by atoms with van der Waals surface area (Å²) in [6, 6.07) is 0. The van der Waals surface area contributed by atoms with Crippen LogP contribution in [0.2, 0.25) is 0 Å². The Balaban J connectivity index is 2.13. The van der Waals surface area contributed by atoms with Crippen molar-refractivity contribution < 1.29 is 0 Å². The summed E-state index contributed by atoms with van der Waals surface area (Å²) in [5, 5.41) is 0. The molecular formula is C11H13IN2O. The van der Waals surface area contributed by atoms with Gasteiger partial charge in [0.15, 0.2) is 0 Å². The van der Waals surface area contributed by atoms with Crippen molar-refractivity contribution in [3.63, 3.8) is 0 Å². The molecule has 4 heteroatoms. The highest BCUT2D eigenvalue weighted by Crippen LogP contribution is 2.47. The van der Waals surface area contributed by atoms with Crippen molar-refractivity contribution in [3.8, 4) is 0 Å². The first kappa shape index (κ1) is 9.81. The van der Waals surface area contributed by atoms with E-state index in [-0.39, 0.29) is 11.0 Å². The molecule has 3 nitrogen and oxygen atoms in total. The minimum absolute atomic E-state index is 0.0515. The fourth-order valence-electron chi connectivity index (χ4n) is 1.81. The molecule has 0 bridgehead atoms. The van der Waals surface area contributed by atoms with Crippen LogP contribution in [0.15, 0.2) is 4.79 Å². The predicted molar refractivity (Wildman–Crippen MR) is 66.1 cm³/mol. The third-order valence-electron chi connectivity index (χ3n) is 3.42. The second kappa shape index (κ2) is 3.06. The molecule has 0 spiro atoms. The quantitative estimate of drug-likeness (QED) is 0.851. The Hall–Kier alpha value is -0.390. The number of nitrogens with zero attached hydrogens (tertiary/aromatic N) is 1. The van der Waals surface area contributed by atoms with Gasteiger partial charge in [-0.15, -0.1) is 0 Å². The molecule has 1 heterocycles. The van der Waals surface area contributed by atoms with Crippen LogP contribution in [-0.2, 0) is 5.41 Å². The standard InChI is InChI=1S/C11H13IN2O/c1-11(4-5-11)10-13-8(6-2-3-6)7(12)9(15)14-10/h6H,2-5H2,1H3,(H,13,14,15). The largest absolute Gasteiger partial charge is 0.309 e. The lowest BCUT2D eigenvalue weighted by Gasteiger charge is -2.10. The van der Waals surface area contributed by atoms with Gasteiger partial charge in [0.2, 0.25) is 0 Å². The number of aromatic amines is 1. The van der Waals surface area contributed by atoms with Gasteiger partial charge in [-0.25, -0.2) is 4.98 Å². The summed E-state index contributed by atoms with van der Waals surface area (Å²) < 4.78 is 0.795. The molecule has 0 aliphatic heterocycles. The number of hydrogen-bond donors (Lipinski definition) is 1. The lowest BCUT2D eigenvalue weighted by Crippen LogP contribution is -2.21. The molecular weight excluding hydrogens is 303 g/mol. The zero-order valence-electron chi connectivity index (χ0n) is 8.64. The van der Waals surface area contributed by atoms with Crippen LogP contribution in [0.25, 0.3) is 0 Å². The monoisotopic (exact) mass is 316 g/mol. The van der Waals surface area contributed by atoms with Crippen LogP contribution in [0, 0.1) is 3.57 Å². The van der Waals surface area contributed by atoms with Gasteiger partial charge < -0.3 is 4.98 Å². The Kier molecular flexibility index (Phi) is 2.00. The zero-order valence-corrected chi connectivity index (χ0v) is 10.8. The van der Waals surface area contributed by atoms with Crippen LogP contribution < -0.4 is 5.56 Å². The number of rotatable bonds is 2. The molecule has 15 heavy (non-hydrogen) atoms. The lowest BCUT2D eigenvalue weighted by molar-refractivity contribution is 0.687. The minimum atomic E-state index is 0.0515. The second-order valence-corrected chi connectivity index (χ2v) is 6.03. The van der Waals surface area contributed by atoms with E-state index in [1.165, 1.54) is 12.8 Å². The highest BCUT2D eigenvalue weighted by Gasteiger charge is 2.42. The number of H-pyrrole nitrogens is 1. The van der Waals surface area contributed by atoms with Gasteiger partial charge in [-0.1, -0.05) is 6.92 Å². The van der Waals surface area contributed by atoms with E-state index >= 15 is 0 Å². The first-order chi connectivity index (χ1) is 7.10. The van der Waals surface area contributed by atoms with Gasteiger partial charge in [-0.2, -0.15) is 0 Å². The second-order valence-electron chi connectivity index (χ2n) is 4.95. The molecule has 1 aromatic rings. The number of hydrogen-bond acceptors (Lipinski definition) is 2. The summed E-state index contributed by atoms with van der Waals surface area (Å²) in [6.07, 6.45) is 4.70. The van der Waals surface area contributed by atoms with Crippen molar-refractivity contribution >= 4 is 22.6 Å². The Morgan fingerprint density at radius 1 is 1.47 bits per heavy atom. The van der Waals surface area contributed by atoms with E-state index in [1.54, 1.807) is 0 Å². The highest BCUT2D eigenvalue weighted by molar-refractivity contribution is 14.1. The van der Waals surface area contributed by atoms with E-state index in [4.69, 9.17) is 0 Å². The van der Waals surface area contributed by atoms with Crippen molar-refractivity contribution in [1.29, 1.82) is 0 Å². The fourth-order valence-corrected chi connectivity index (χ4v) is 2.51. The maximum absolute atomic E-state index is 11.8. The van der Waals surface area contributed by atoms with E-state index in [1.807, 2.05) is 0 Å². The van der Waals surface area contributed by atoms with E-state index < -0.39 is 0 Å². The van der Waals surface area contributed by atoms with Crippen molar-refractivity contribution in [3.05, 3.63) is 25.4 Å². The molecule has 2 aliphatic rings. The Labute approximate surface area is 102 Å². The normalized spacial score (nSPS) is 22.8. The molecule has 0 atom stereocenters. The fraction of sp³-hybridized carbons (Fsp3) is 0.636. The van der Waals surface area contributed by atoms with Gasteiger partial charge in [0.25, 0.3) is 5.56 Å². The topological polar surface area (TPSA) is 45.8 Å². The Morgan fingerprint density at radius 2 is 2.13 bits per heavy atom. The summed E-state index contributed by atoms with van der Waals surface area (Å²) >= 11 is 2.12. The molecule has 1 N–H and O–H groups in total. The van der Waals surface area contributed by atoms with E-state index in [9.17, 15) is 4.79 Å². The van der Waals surface area contributed by atoms with Crippen LogP contribution >= 0.6 is 22.6 Å². The van der Waals surface area contributed by atoms with Gasteiger partial charge in [-0.3, -0.25) is 4.79 Å². The molecule has 0 saturated heterocycles. The van der Waals surface area contributed by atoms with Gasteiger partial charge >= 0.3 is 0 Å². The molecule has 0 amide bonds. The predicted octanol–water partition coefficient (Wildman–Crippen LogP) is 2.30. The zero-order chi connectivity index (χ0) is 10.6. The van der Waals surface area contributed by atoms with Crippen molar-refractivity contribution in [2.24, 2.45) is 0 Å².